The Morgan fingerprint density at radius 1 is 1.08 bits per heavy atom. The molecule has 0 aliphatic heterocycles. The normalized spacial score (nSPS) is 14.3. The summed E-state index contributed by atoms with van der Waals surface area (Å²) >= 11 is 12.3. The van der Waals surface area contributed by atoms with Gasteiger partial charge in [0.05, 0.1) is 9.16 Å². The topological polar surface area (TPSA) is 0 Å². The molecule has 2 atom stereocenters. The molecule has 2 unspecified atom stereocenters. The van der Waals surface area contributed by atoms with E-state index in [1.165, 1.54) is 6.42 Å². The standard InChI is InChI=1S/C4H10S5.C3H8S/c1-3(5)7-9-8-4(2)6;1-2-3-4/h3-6H,1-2H3;4H,2-3H2,1H3. The largest absolute Gasteiger partial charge is 0.179 e. The molecule has 82 valence electrons. The summed E-state index contributed by atoms with van der Waals surface area (Å²) in [6.45, 7) is 6.22. The minimum Gasteiger partial charge on any atom is -0.179 e. The Morgan fingerprint density at radius 3 is 1.54 bits per heavy atom. The summed E-state index contributed by atoms with van der Waals surface area (Å²) in [4.78, 5) is 0. The Balaban J connectivity index is 0. The molecule has 0 saturated carbocycles. The van der Waals surface area contributed by atoms with Gasteiger partial charge in [-0.15, -0.1) is 0 Å². The van der Waals surface area contributed by atoms with E-state index in [0.717, 1.165) is 5.75 Å². The number of hydrogen-bond donors (Lipinski definition) is 3. The van der Waals surface area contributed by atoms with Gasteiger partial charge in [-0.25, -0.2) is 0 Å². The van der Waals surface area contributed by atoms with Crippen molar-refractivity contribution < 1.29 is 0 Å². The molecule has 0 nitrogen and oxygen atoms in total. The molecule has 0 heterocycles. The first-order chi connectivity index (χ1) is 6.04. The van der Waals surface area contributed by atoms with Gasteiger partial charge in [-0.2, -0.15) is 37.9 Å². The molecular weight excluding hydrogens is 276 g/mol. The van der Waals surface area contributed by atoms with Crippen LogP contribution in [0.3, 0.4) is 0 Å². The lowest BCUT2D eigenvalue weighted by molar-refractivity contribution is 1.11. The lowest BCUT2D eigenvalue weighted by Crippen LogP contribution is -1.77. The van der Waals surface area contributed by atoms with Crippen LogP contribution in [0.2, 0.25) is 0 Å². The molecule has 0 saturated heterocycles. The minimum atomic E-state index is 0.412. The molecule has 0 N–H and O–H groups in total. The minimum absolute atomic E-state index is 0.412. The van der Waals surface area contributed by atoms with Gasteiger partial charge in [-0.3, -0.25) is 0 Å². The van der Waals surface area contributed by atoms with Crippen LogP contribution in [0, 0.1) is 0 Å². The SMILES string of the molecule is CC(S)SSSC(C)S.CCCS. The van der Waals surface area contributed by atoms with Gasteiger partial charge in [0.25, 0.3) is 0 Å². The zero-order valence-corrected chi connectivity index (χ0v) is 13.3. The van der Waals surface area contributed by atoms with Crippen LogP contribution in [0.5, 0.6) is 0 Å². The zero-order valence-electron chi connectivity index (χ0n) is 8.14. The van der Waals surface area contributed by atoms with Crippen molar-refractivity contribution in [1.29, 1.82) is 0 Å². The van der Waals surface area contributed by atoms with Gasteiger partial charge in [-0.1, -0.05) is 28.5 Å². The second-order valence-electron chi connectivity index (χ2n) is 2.18. The van der Waals surface area contributed by atoms with E-state index >= 15 is 0 Å². The highest BCUT2D eigenvalue weighted by molar-refractivity contribution is 9.10. The summed E-state index contributed by atoms with van der Waals surface area (Å²) in [6, 6.07) is 0. The van der Waals surface area contributed by atoms with E-state index in [2.05, 4.69) is 58.7 Å². The van der Waals surface area contributed by atoms with E-state index in [-0.39, 0.29) is 0 Å². The molecule has 0 radical (unpaired) electrons. The summed E-state index contributed by atoms with van der Waals surface area (Å²) < 4.78 is 0.823. The smallest absolute Gasteiger partial charge is 0.0556 e. The Morgan fingerprint density at radius 2 is 1.38 bits per heavy atom. The highest BCUT2D eigenvalue weighted by Gasteiger charge is 1.98. The molecule has 0 rings (SSSR count). The third kappa shape index (κ3) is 24.9. The van der Waals surface area contributed by atoms with E-state index < -0.39 is 0 Å². The van der Waals surface area contributed by atoms with Crippen molar-refractivity contribution in [3.8, 4) is 0 Å². The second-order valence-corrected chi connectivity index (χ2v) is 9.60. The van der Waals surface area contributed by atoms with Gasteiger partial charge in [0, 0.05) is 0 Å². The Labute approximate surface area is 111 Å². The molecule has 0 fully saturated rings. The first kappa shape index (κ1) is 17.5. The maximum Gasteiger partial charge on any atom is 0.0556 e. The van der Waals surface area contributed by atoms with Gasteiger partial charge in [-0.05, 0) is 35.8 Å². The predicted molar refractivity (Wildman–Crippen MR) is 83.8 cm³/mol. The third-order valence-electron chi connectivity index (χ3n) is 0.581. The molecule has 0 bridgehead atoms. The first-order valence-corrected chi connectivity index (χ1v) is 9.27. The van der Waals surface area contributed by atoms with Crippen molar-refractivity contribution in [1.82, 2.24) is 0 Å². The maximum absolute atomic E-state index is 4.20. The summed E-state index contributed by atoms with van der Waals surface area (Å²) in [5, 5.41) is 0. The van der Waals surface area contributed by atoms with E-state index in [1.54, 1.807) is 31.4 Å². The monoisotopic (exact) mass is 294 g/mol. The van der Waals surface area contributed by atoms with Gasteiger partial charge in [0.2, 0.25) is 0 Å². The molecule has 0 spiro atoms. The number of hydrogen-bond acceptors (Lipinski definition) is 6. The third-order valence-corrected chi connectivity index (χ3v) is 6.85. The summed E-state index contributed by atoms with van der Waals surface area (Å²) in [5.41, 5.74) is 0. The van der Waals surface area contributed by atoms with Gasteiger partial charge < -0.3 is 0 Å². The zero-order chi connectivity index (χ0) is 10.7. The Kier molecular flexibility index (Phi) is 19.0. The molecule has 0 aromatic heterocycles. The van der Waals surface area contributed by atoms with Crippen LogP contribution in [0.25, 0.3) is 0 Å². The Hall–Kier alpha value is 2.10. The van der Waals surface area contributed by atoms with Crippen molar-refractivity contribution in [2.24, 2.45) is 0 Å². The maximum atomic E-state index is 4.20. The average Bonchev–Trinajstić information content (AvgIpc) is 2.03. The van der Waals surface area contributed by atoms with Crippen LogP contribution in [-0.4, -0.2) is 14.9 Å². The molecule has 6 heteroatoms. The van der Waals surface area contributed by atoms with Gasteiger partial charge in [0.1, 0.15) is 0 Å². The molecule has 0 aromatic rings. The molecule has 0 aliphatic rings. The highest BCUT2D eigenvalue weighted by atomic mass is 33.5. The van der Waals surface area contributed by atoms with Gasteiger partial charge >= 0.3 is 0 Å². The highest BCUT2D eigenvalue weighted by Crippen LogP contribution is 2.41. The number of thiol groups is 3. The fourth-order valence-corrected chi connectivity index (χ4v) is 5.58. The van der Waals surface area contributed by atoms with E-state index in [4.69, 9.17) is 0 Å². The second kappa shape index (κ2) is 14.1. The van der Waals surface area contributed by atoms with Crippen molar-refractivity contribution in [2.45, 2.75) is 36.4 Å². The lowest BCUT2D eigenvalue weighted by Gasteiger charge is -2.03. The van der Waals surface area contributed by atoms with Crippen LogP contribution in [0.4, 0.5) is 0 Å². The lowest BCUT2D eigenvalue weighted by atomic mass is 10.6. The summed E-state index contributed by atoms with van der Waals surface area (Å²) in [5.74, 6) is 1.01. The fraction of sp³-hybridized carbons (Fsp3) is 1.00. The summed E-state index contributed by atoms with van der Waals surface area (Å²) in [6.07, 6.45) is 1.18. The van der Waals surface area contributed by atoms with E-state index in [0.29, 0.717) is 9.16 Å². The summed E-state index contributed by atoms with van der Waals surface area (Å²) in [7, 11) is 5.26. The average molecular weight is 295 g/mol. The molecule has 0 aliphatic carbocycles. The van der Waals surface area contributed by atoms with Crippen molar-refractivity contribution in [2.75, 3.05) is 5.75 Å². The quantitative estimate of drug-likeness (QED) is 0.375. The fourth-order valence-electron chi connectivity index (χ4n) is 0.136. The van der Waals surface area contributed by atoms with Gasteiger partial charge in [0.15, 0.2) is 0 Å². The van der Waals surface area contributed by atoms with Crippen LogP contribution in [0.15, 0.2) is 0 Å². The van der Waals surface area contributed by atoms with Crippen molar-refractivity contribution in [3.05, 3.63) is 0 Å². The number of rotatable bonds is 5. The van der Waals surface area contributed by atoms with E-state index in [1.807, 2.05) is 0 Å². The van der Waals surface area contributed by atoms with Crippen LogP contribution in [0.1, 0.15) is 27.2 Å². The van der Waals surface area contributed by atoms with Crippen LogP contribution < -0.4 is 0 Å². The van der Waals surface area contributed by atoms with Crippen molar-refractivity contribution >= 4 is 69.3 Å². The van der Waals surface area contributed by atoms with Crippen LogP contribution >= 0.6 is 69.3 Å². The molecule has 0 aromatic carbocycles. The van der Waals surface area contributed by atoms with E-state index in [9.17, 15) is 0 Å². The molecular formula is C7H18S6. The predicted octanol–water partition coefficient (Wildman–Crippen LogP) is 4.89. The Bertz CT molecular complexity index is 75.1. The molecule has 13 heavy (non-hydrogen) atoms. The van der Waals surface area contributed by atoms with Crippen LogP contribution in [-0.2, 0) is 0 Å². The molecule has 0 amide bonds. The van der Waals surface area contributed by atoms with Crippen molar-refractivity contribution in [3.63, 3.8) is 0 Å². The first-order valence-electron chi connectivity index (χ1n) is 4.00.